The van der Waals surface area contributed by atoms with E-state index in [1.54, 1.807) is 0 Å². The van der Waals surface area contributed by atoms with Crippen LogP contribution in [0.3, 0.4) is 0 Å². The summed E-state index contributed by atoms with van der Waals surface area (Å²) in [6, 6.07) is 59.8. The molecule has 3 atom stereocenters. The van der Waals surface area contributed by atoms with Crippen molar-refractivity contribution < 1.29 is 0 Å². The van der Waals surface area contributed by atoms with Crippen LogP contribution < -0.4 is 10.6 Å². The van der Waals surface area contributed by atoms with Gasteiger partial charge >= 0.3 is 0 Å². The molecule has 0 saturated carbocycles. The lowest BCUT2D eigenvalue weighted by molar-refractivity contribution is 0.395. The highest BCUT2D eigenvalue weighted by atomic mass is 15.3. The molecule has 264 valence electrons. The first-order valence-electron chi connectivity index (χ1n) is 19.2. The minimum Gasteiger partial charge on any atom is -0.354 e. The Morgan fingerprint density at radius 3 is 2.07 bits per heavy atom. The molecular formula is C50H39N5. The minimum absolute atomic E-state index is 0.0775. The standard InChI is InChI=1S/C50H39N5/c1-5-17-33(18-6-1)47-52-48(34-19-7-2-8-20-34)54-49(53-47)43-29-30-46(51-43)55-44-28-16-14-26-38(44)40-31-39-37-25-13-15-27-41(37)50(42(39)32-45(40)55,35-21-9-3-10-22-35)36-23-11-4-12-24-36/h1-19,21-32,34,47,49,51,53H,20H2,(H,52,54). The van der Waals surface area contributed by atoms with Crippen LogP contribution in [0.1, 0.15) is 52.3 Å². The predicted molar refractivity (Wildman–Crippen MR) is 224 cm³/mol. The Labute approximate surface area is 320 Å². The van der Waals surface area contributed by atoms with Crippen LogP contribution in [-0.2, 0) is 5.41 Å². The van der Waals surface area contributed by atoms with Gasteiger partial charge in [-0.15, -0.1) is 0 Å². The average Bonchev–Trinajstić information content (AvgIpc) is 3.96. The summed E-state index contributed by atoms with van der Waals surface area (Å²) in [5, 5.41) is 9.98. The van der Waals surface area contributed by atoms with Crippen LogP contribution in [0, 0.1) is 5.92 Å². The highest BCUT2D eigenvalue weighted by Crippen LogP contribution is 2.57. The first-order chi connectivity index (χ1) is 27.3. The molecule has 55 heavy (non-hydrogen) atoms. The third-order valence-electron chi connectivity index (χ3n) is 11.8. The van der Waals surface area contributed by atoms with E-state index in [9.17, 15) is 0 Å². The number of nitrogens with one attached hydrogen (secondary N) is 3. The van der Waals surface area contributed by atoms with Crippen molar-refractivity contribution in [2.45, 2.75) is 24.2 Å². The molecule has 0 fully saturated rings. The molecule has 0 saturated heterocycles. The Hall–Kier alpha value is -6.69. The fraction of sp³-hybridized carbons (Fsp3) is 0.100. The summed E-state index contributed by atoms with van der Waals surface area (Å²) in [6.07, 6.45) is 9.30. The second-order valence-electron chi connectivity index (χ2n) is 14.8. The Morgan fingerprint density at radius 1 is 0.600 bits per heavy atom. The number of hydrogen-bond donors (Lipinski definition) is 3. The maximum Gasteiger partial charge on any atom is 0.144 e. The molecule has 3 aliphatic rings. The number of aliphatic imine (C=N–C) groups is 1. The highest BCUT2D eigenvalue weighted by Gasteiger charge is 2.46. The molecule has 0 amide bonds. The Bertz CT molecular complexity index is 2770. The fourth-order valence-corrected chi connectivity index (χ4v) is 9.38. The molecule has 5 heteroatoms. The summed E-state index contributed by atoms with van der Waals surface area (Å²) in [5.74, 6) is 2.21. The zero-order valence-electron chi connectivity index (χ0n) is 30.2. The van der Waals surface area contributed by atoms with Crippen molar-refractivity contribution in [2.24, 2.45) is 10.9 Å². The largest absolute Gasteiger partial charge is 0.354 e. The molecular weight excluding hydrogens is 671 g/mol. The molecule has 0 radical (unpaired) electrons. The van der Waals surface area contributed by atoms with Crippen LogP contribution in [0.4, 0.5) is 0 Å². The van der Waals surface area contributed by atoms with Crippen molar-refractivity contribution >= 4 is 27.6 Å². The van der Waals surface area contributed by atoms with Gasteiger partial charge in [0, 0.05) is 16.7 Å². The van der Waals surface area contributed by atoms with Gasteiger partial charge < -0.3 is 10.3 Å². The second-order valence-corrected chi connectivity index (χ2v) is 14.8. The molecule has 0 bridgehead atoms. The molecule has 0 spiro atoms. The van der Waals surface area contributed by atoms with Crippen molar-refractivity contribution in [2.75, 3.05) is 0 Å². The number of para-hydroxylation sites is 1. The quantitative estimate of drug-likeness (QED) is 0.161. The topological polar surface area (TPSA) is 57.1 Å². The van der Waals surface area contributed by atoms with Crippen molar-refractivity contribution in [3.63, 3.8) is 0 Å². The third kappa shape index (κ3) is 4.93. The molecule has 3 N–H and O–H groups in total. The molecule has 6 aromatic carbocycles. The zero-order valence-corrected chi connectivity index (χ0v) is 30.2. The number of nitrogens with zero attached hydrogens (tertiary/aromatic N) is 2. The van der Waals surface area contributed by atoms with Crippen molar-refractivity contribution in [3.8, 4) is 16.9 Å². The number of allylic oxidation sites excluding steroid dienone is 3. The van der Waals surface area contributed by atoms with Gasteiger partial charge in [0.05, 0.1) is 22.1 Å². The number of fused-ring (bicyclic) bond motifs is 6. The monoisotopic (exact) mass is 709 g/mol. The van der Waals surface area contributed by atoms with Crippen LogP contribution >= 0.6 is 0 Å². The van der Waals surface area contributed by atoms with E-state index >= 15 is 0 Å². The third-order valence-corrected chi connectivity index (χ3v) is 11.8. The lowest BCUT2D eigenvalue weighted by Gasteiger charge is -2.34. The number of amidine groups is 1. The SMILES string of the molecule is C1=CCC(C2=NC(c3ccc(-n4c5ccccc5c5cc6c(cc54)C(c4ccccc4)(c4ccccc4)c4ccccc4-6)[nH]3)NC(c3ccccc3)N2)C=C1. The Balaban J connectivity index is 1.11. The van der Waals surface area contributed by atoms with E-state index in [0.29, 0.717) is 0 Å². The minimum atomic E-state index is -0.482. The summed E-state index contributed by atoms with van der Waals surface area (Å²) in [7, 11) is 0. The van der Waals surface area contributed by atoms with Crippen molar-refractivity contribution in [1.82, 2.24) is 20.2 Å². The Morgan fingerprint density at radius 2 is 1.31 bits per heavy atom. The smallest absolute Gasteiger partial charge is 0.144 e. The summed E-state index contributed by atoms with van der Waals surface area (Å²) in [6.45, 7) is 0. The van der Waals surface area contributed by atoms with Gasteiger partial charge in [0.25, 0.3) is 0 Å². The van der Waals surface area contributed by atoms with Gasteiger partial charge in [-0.05, 0) is 75.7 Å². The first-order valence-corrected chi connectivity index (χ1v) is 19.2. The van der Waals surface area contributed by atoms with Gasteiger partial charge in [0.15, 0.2) is 0 Å². The summed E-state index contributed by atoms with van der Waals surface area (Å²) < 4.78 is 2.41. The average molecular weight is 710 g/mol. The summed E-state index contributed by atoms with van der Waals surface area (Å²) in [5.41, 5.74) is 11.8. The van der Waals surface area contributed by atoms with Crippen LogP contribution in [0.5, 0.6) is 0 Å². The number of benzene rings is 6. The molecule has 1 aliphatic heterocycles. The second kappa shape index (κ2) is 12.7. The number of H-pyrrole nitrogens is 1. The van der Waals surface area contributed by atoms with Crippen molar-refractivity contribution in [3.05, 3.63) is 222 Å². The van der Waals surface area contributed by atoms with E-state index in [0.717, 1.165) is 29.3 Å². The van der Waals surface area contributed by atoms with E-state index in [1.807, 2.05) is 0 Å². The van der Waals surface area contributed by atoms with Gasteiger partial charge in [-0.1, -0.05) is 158 Å². The molecule has 5 nitrogen and oxygen atoms in total. The highest BCUT2D eigenvalue weighted by molar-refractivity contribution is 6.12. The van der Waals surface area contributed by atoms with E-state index in [-0.39, 0.29) is 18.2 Å². The number of aromatic amines is 1. The van der Waals surface area contributed by atoms with Crippen LogP contribution in [0.2, 0.25) is 0 Å². The van der Waals surface area contributed by atoms with Gasteiger partial charge in [-0.2, -0.15) is 0 Å². The predicted octanol–water partition coefficient (Wildman–Crippen LogP) is 10.9. The van der Waals surface area contributed by atoms with Crippen LogP contribution in [0.25, 0.3) is 38.8 Å². The lowest BCUT2D eigenvalue weighted by Crippen LogP contribution is -2.47. The molecule has 3 heterocycles. The summed E-state index contributed by atoms with van der Waals surface area (Å²) in [4.78, 5) is 9.16. The fourth-order valence-electron chi connectivity index (χ4n) is 9.38. The van der Waals surface area contributed by atoms with Crippen molar-refractivity contribution in [1.29, 1.82) is 0 Å². The zero-order chi connectivity index (χ0) is 36.3. The van der Waals surface area contributed by atoms with E-state index < -0.39 is 5.41 Å². The lowest BCUT2D eigenvalue weighted by atomic mass is 9.67. The van der Waals surface area contributed by atoms with Gasteiger partial charge in [-0.3, -0.25) is 9.88 Å². The van der Waals surface area contributed by atoms with Gasteiger partial charge in [0.1, 0.15) is 24.0 Å². The van der Waals surface area contributed by atoms with Gasteiger partial charge in [-0.25, -0.2) is 4.99 Å². The number of rotatable bonds is 6. The van der Waals surface area contributed by atoms with E-state index in [4.69, 9.17) is 4.99 Å². The first kappa shape index (κ1) is 31.8. The maximum absolute atomic E-state index is 5.30. The molecule has 8 aromatic rings. The molecule has 2 aliphatic carbocycles. The number of hydrogen-bond acceptors (Lipinski definition) is 3. The molecule has 3 unspecified atom stereocenters. The maximum atomic E-state index is 5.30. The van der Waals surface area contributed by atoms with Gasteiger partial charge in [0.2, 0.25) is 0 Å². The normalized spacial score (nSPS) is 19.6. The Kier molecular flexibility index (Phi) is 7.36. The van der Waals surface area contributed by atoms with E-state index in [1.165, 1.54) is 55.2 Å². The molecule has 11 rings (SSSR count). The van der Waals surface area contributed by atoms with Crippen LogP contribution in [-0.4, -0.2) is 15.4 Å². The summed E-state index contributed by atoms with van der Waals surface area (Å²) >= 11 is 0. The molecule has 2 aromatic heterocycles. The van der Waals surface area contributed by atoms with Crippen LogP contribution in [0.15, 0.2) is 193 Å². The van der Waals surface area contributed by atoms with E-state index in [2.05, 4.69) is 208 Å². The number of aromatic nitrogens is 2.